The molecular weight excluding hydrogens is 234 g/mol. The molecule has 2 rings (SSSR count). The van der Waals surface area contributed by atoms with Crippen molar-refractivity contribution in [1.82, 2.24) is 15.6 Å². The van der Waals surface area contributed by atoms with E-state index in [0.29, 0.717) is 18.7 Å². The lowest BCUT2D eigenvalue weighted by molar-refractivity contribution is -0.119. The molecule has 1 fully saturated rings. The van der Waals surface area contributed by atoms with Crippen molar-refractivity contribution >= 4 is 17.5 Å². The molecule has 0 saturated carbocycles. The molecule has 0 spiro atoms. The standard InChI is InChI=1S/C11H15N5O2/c12-16-7-3-4-13-9(5-7)11(18)14-6-8-1-2-10(17)15-8/h3-5,8H,1-2,6,12H2,(H,13,16)(H,14,18)(H,15,17). The Morgan fingerprint density at radius 2 is 2.44 bits per heavy atom. The molecule has 1 aromatic rings. The maximum absolute atomic E-state index is 11.8. The number of carbonyl (C=O) groups is 2. The molecule has 1 aliphatic heterocycles. The summed E-state index contributed by atoms with van der Waals surface area (Å²) in [6.07, 6.45) is 2.77. The summed E-state index contributed by atoms with van der Waals surface area (Å²) in [5.41, 5.74) is 3.35. The molecular formula is C11H15N5O2. The summed E-state index contributed by atoms with van der Waals surface area (Å²) in [4.78, 5) is 26.7. The summed E-state index contributed by atoms with van der Waals surface area (Å²) < 4.78 is 0. The number of nitrogens with one attached hydrogen (secondary N) is 3. The van der Waals surface area contributed by atoms with Gasteiger partial charge in [0.2, 0.25) is 5.91 Å². The number of pyridine rings is 1. The maximum atomic E-state index is 11.8. The molecule has 7 heteroatoms. The Kier molecular flexibility index (Phi) is 3.73. The first kappa shape index (κ1) is 12.3. The molecule has 1 atom stereocenters. The molecule has 0 aromatic carbocycles. The normalized spacial score (nSPS) is 18.3. The number of nitrogen functional groups attached to an aromatic ring is 1. The van der Waals surface area contributed by atoms with E-state index in [9.17, 15) is 9.59 Å². The summed E-state index contributed by atoms with van der Waals surface area (Å²) in [5.74, 6) is 5.00. The first-order chi connectivity index (χ1) is 8.69. The van der Waals surface area contributed by atoms with Crippen molar-refractivity contribution in [2.45, 2.75) is 18.9 Å². The number of hydrazine groups is 1. The van der Waals surface area contributed by atoms with E-state index < -0.39 is 0 Å². The fourth-order valence-corrected chi connectivity index (χ4v) is 1.78. The van der Waals surface area contributed by atoms with Crippen LogP contribution in [0.15, 0.2) is 18.3 Å². The van der Waals surface area contributed by atoms with Crippen LogP contribution >= 0.6 is 0 Å². The molecule has 7 nitrogen and oxygen atoms in total. The Labute approximate surface area is 104 Å². The largest absolute Gasteiger partial charge is 0.352 e. The summed E-state index contributed by atoms with van der Waals surface area (Å²) in [5, 5.41) is 5.50. The van der Waals surface area contributed by atoms with Crippen LogP contribution in [-0.2, 0) is 4.79 Å². The van der Waals surface area contributed by atoms with E-state index in [1.54, 1.807) is 12.1 Å². The van der Waals surface area contributed by atoms with Crippen LogP contribution in [0.25, 0.3) is 0 Å². The van der Waals surface area contributed by atoms with Crippen LogP contribution in [0.1, 0.15) is 23.3 Å². The van der Waals surface area contributed by atoms with Gasteiger partial charge in [0.1, 0.15) is 5.69 Å². The van der Waals surface area contributed by atoms with E-state index >= 15 is 0 Å². The number of aromatic nitrogens is 1. The van der Waals surface area contributed by atoms with E-state index in [-0.39, 0.29) is 23.6 Å². The van der Waals surface area contributed by atoms with Gasteiger partial charge in [-0.1, -0.05) is 0 Å². The molecule has 1 aliphatic rings. The van der Waals surface area contributed by atoms with Crippen molar-refractivity contribution < 1.29 is 9.59 Å². The predicted molar refractivity (Wildman–Crippen MR) is 65.5 cm³/mol. The fraction of sp³-hybridized carbons (Fsp3) is 0.364. The minimum absolute atomic E-state index is 0.0114. The van der Waals surface area contributed by atoms with Gasteiger partial charge in [0.05, 0.1) is 5.69 Å². The van der Waals surface area contributed by atoms with Gasteiger partial charge in [-0.25, -0.2) is 0 Å². The highest BCUT2D eigenvalue weighted by Crippen LogP contribution is 2.07. The molecule has 1 unspecified atom stereocenters. The van der Waals surface area contributed by atoms with Gasteiger partial charge >= 0.3 is 0 Å². The Bertz CT molecular complexity index is 463. The summed E-state index contributed by atoms with van der Waals surface area (Å²) in [7, 11) is 0. The third-order valence-corrected chi connectivity index (χ3v) is 2.75. The minimum Gasteiger partial charge on any atom is -0.352 e. The lowest BCUT2D eigenvalue weighted by atomic mass is 10.2. The number of amides is 2. The summed E-state index contributed by atoms with van der Waals surface area (Å²) in [6.45, 7) is 0.409. The Hall–Kier alpha value is -2.15. The van der Waals surface area contributed by atoms with Crippen molar-refractivity contribution in [1.29, 1.82) is 0 Å². The third-order valence-electron chi connectivity index (χ3n) is 2.75. The Morgan fingerprint density at radius 3 is 3.11 bits per heavy atom. The zero-order valence-corrected chi connectivity index (χ0v) is 9.77. The number of hydrogen-bond acceptors (Lipinski definition) is 5. The highest BCUT2D eigenvalue weighted by atomic mass is 16.2. The SMILES string of the molecule is NNc1ccnc(C(=O)NCC2CCC(=O)N2)c1. The second kappa shape index (κ2) is 5.46. The van der Waals surface area contributed by atoms with E-state index in [2.05, 4.69) is 21.0 Å². The van der Waals surface area contributed by atoms with E-state index in [1.165, 1.54) is 6.20 Å². The van der Waals surface area contributed by atoms with Crippen LogP contribution in [0.2, 0.25) is 0 Å². The van der Waals surface area contributed by atoms with Crippen molar-refractivity contribution in [3.8, 4) is 0 Å². The van der Waals surface area contributed by atoms with Gasteiger partial charge in [-0.2, -0.15) is 0 Å². The molecule has 0 radical (unpaired) electrons. The van der Waals surface area contributed by atoms with Crippen molar-refractivity contribution in [3.05, 3.63) is 24.0 Å². The number of carbonyl (C=O) groups excluding carboxylic acids is 2. The van der Waals surface area contributed by atoms with E-state index in [0.717, 1.165) is 6.42 Å². The average molecular weight is 249 g/mol. The molecule has 0 bridgehead atoms. The molecule has 5 N–H and O–H groups in total. The highest BCUT2D eigenvalue weighted by Gasteiger charge is 2.21. The first-order valence-corrected chi connectivity index (χ1v) is 5.69. The minimum atomic E-state index is -0.284. The molecule has 0 aliphatic carbocycles. The van der Waals surface area contributed by atoms with Crippen LogP contribution in [0.5, 0.6) is 0 Å². The van der Waals surface area contributed by atoms with Crippen molar-refractivity contribution in [2.24, 2.45) is 5.84 Å². The van der Waals surface area contributed by atoms with Gasteiger partial charge in [0, 0.05) is 25.2 Å². The van der Waals surface area contributed by atoms with Gasteiger partial charge in [-0.3, -0.25) is 20.4 Å². The smallest absolute Gasteiger partial charge is 0.270 e. The van der Waals surface area contributed by atoms with Gasteiger partial charge < -0.3 is 16.1 Å². The van der Waals surface area contributed by atoms with Crippen LogP contribution in [0.4, 0.5) is 5.69 Å². The molecule has 1 aromatic heterocycles. The molecule has 2 heterocycles. The second-order valence-electron chi connectivity index (χ2n) is 4.09. The first-order valence-electron chi connectivity index (χ1n) is 5.69. The lowest BCUT2D eigenvalue weighted by Gasteiger charge is -2.11. The molecule has 2 amide bonds. The number of hydrogen-bond donors (Lipinski definition) is 4. The average Bonchev–Trinajstić information content (AvgIpc) is 2.82. The molecule has 18 heavy (non-hydrogen) atoms. The van der Waals surface area contributed by atoms with Crippen LogP contribution in [-0.4, -0.2) is 29.4 Å². The van der Waals surface area contributed by atoms with Gasteiger partial charge in [-0.05, 0) is 18.6 Å². The summed E-state index contributed by atoms with van der Waals surface area (Å²) >= 11 is 0. The molecule has 1 saturated heterocycles. The zero-order valence-electron chi connectivity index (χ0n) is 9.77. The van der Waals surface area contributed by atoms with Gasteiger partial charge in [-0.15, -0.1) is 0 Å². The second-order valence-corrected chi connectivity index (χ2v) is 4.09. The highest BCUT2D eigenvalue weighted by molar-refractivity contribution is 5.93. The van der Waals surface area contributed by atoms with Crippen LogP contribution < -0.4 is 21.9 Å². The lowest BCUT2D eigenvalue weighted by Crippen LogP contribution is -2.38. The fourth-order valence-electron chi connectivity index (χ4n) is 1.78. The summed E-state index contributed by atoms with van der Waals surface area (Å²) in [6, 6.07) is 3.23. The van der Waals surface area contributed by atoms with Crippen LogP contribution in [0, 0.1) is 0 Å². The predicted octanol–water partition coefficient (Wildman–Crippen LogP) is -0.624. The van der Waals surface area contributed by atoms with Crippen molar-refractivity contribution in [2.75, 3.05) is 12.0 Å². The zero-order chi connectivity index (χ0) is 13.0. The van der Waals surface area contributed by atoms with Gasteiger partial charge in [0.25, 0.3) is 5.91 Å². The topological polar surface area (TPSA) is 109 Å². The third kappa shape index (κ3) is 2.95. The monoisotopic (exact) mass is 249 g/mol. The van der Waals surface area contributed by atoms with Crippen LogP contribution in [0.3, 0.4) is 0 Å². The van der Waals surface area contributed by atoms with Gasteiger partial charge in [0.15, 0.2) is 0 Å². The Morgan fingerprint density at radius 1 is 1.61 bits per heavy atom. The number of nitrogens with two attached hydrogens (primary N) is 1. The Balaban J connectivity index is 1.89. The number of anilines is 1. The maximum Gasteiger partial charge on any atom is 0.270 e. The quantitative estimate of drug-likeness (QED) is 0.420. The van der Waals surface area contributed by atoms with E-state index in [1.807, 2.05) is 0 Å². The molecule has 96 valence electrons. The van der Waals surface area contributed by atoms with Crippen molar-refractivity contribution in [3.63, 3.8) is 0 Å². The number of rotatable bonds is 4. The number of nitrogens with zero attached hydrogens (tertiary/aromatic N) is 1. The van der Waals surface area contributed by atoms with E-state index in [4.69, 9.17) is 5.84 Å².